The van der Waals surface area contributed by atoms with Crippen LogP contribution in [0.5, 0.6) is 0 Å². The molecule has 0 amide bonds. The minimum Gasteiger partial charge on any atom is -0.378 e. The summed E-state index contributed by atoms with van der Waals surface area (Å²) in [6, 6.07) is 8.81. The molecule has 1 fully saturated rings. The topological polar surface area (TPSA) is 35.2 Å². The summed E-state index contributed by atoms with van der Waals surface area (Å²) in [5, 5.41) is 3.64. The van der Waals surface area contributed by atoms with Crippen LogP contribution in [0, 0.1) is 5.92 Å². The van der Waals surface area contributed by atoms with Crippen LogP contribution in [-0.4, -0.2) is 18.8 Å². The Morgan fingerprint density at radius 3 is 3.11 bits per heavy atom. The van der Waals surface area contributed by atoms with Crippen molar-refractivity contribution in [2.24, 2.45) is 11.7 Å². The second-order valence-electron chi connectivity index (χ2n) is 5.40. The van der Waals surface area contributed by atoms with E-state index in [0.29, 0.717) is 12.0 Å². The van der Waals surface area contributed by atoms with Gasteiger partial charge in [0.15, 0.2) is 0 Å². The highest BCUT2D eigenvalue weighted by Gasteiger charge is 2.31. The first-order valence-corrected chi connectivity index (χ1v) is 8.00. The molecule has 2 nitrogen and oxygen atoms in total. The second-order valence-corrected chi connectivity index (χ2v) is 6.31. The Balaban J connectivity index is 1.77. The van der Waals surface area contributed by atoms with Crippen molar-refractivity contribution < 1.29 is 4.74 Å². The zero-order valence-corrected chi connectivity index (χ0v) is 12.2. The fourth-order valence-corrected chi connectivity index (χ4v) is 4.15. The van der Waals surface area contributed by atoms with Gasteiger partial charge in [0, 0.05) is 23.3 Å². The summed E-state index contributed by atoms with van der Waals surface area (Å²) >= 11 is 1.82. The van der Waals surface area contributed by atoms with Gasteiger partial charge in [-0.2, -0.15) is 0 Å². The molecule has 3 unspecified atom stereocenters. The van der Waals surface area contributed by atoms with Crippen LogP contribution in [0.15, 0.2) is 29.6 Å². The van der Waals surface area contributed by atoms with Gasteiger partial charge < -0.3 is 10.5 Å². The van der Waals surface area contributed by atoms with E-state index in [1.54, 1.807) is 0 Å². The Kier molecular flexibility index (Phi) is 3.87. The molecule has 2 heterocycles. The number of hydrogen-bond donors (Lipinski definition) is 1. The first-order valence-electron chi connectivity index (χ1n) is 7.12. The largest absolute Gasteiger partial charge is 0.378 e. The van der Waals surface area contributed by atoms with Gasteiger partial charge in [0.25, 0.3) is 0 Å². The summed E-state index contributed by atoms with van der Waals surface area (Å²) in [7, 11) is 0. The lowest BCUT2D eigenvalue weighted by molar-refractivity contribution is 0.0814. The molecule has 1 saturated heterocycles. The van der Waals surface area contributed by atoms with Crippen molar-refractivity contribution in [3.8, 4) is 0 Å². The SMILES string of the molecule is CCC1OCCC1C(N)Cc1csc2ccccc12. The maximum absolute atomic E-state index is 6.45. The third kappa shape index (κ3) is 2.55. The van der Waals surface area contributed by atoms with E-state index < -0.39 is 0 Å². The number of hydrogen-bond acceptors (Lipinski definition) is 3. The van der Waals surface area contributed by atoms with Gasteiger partial charge in [0.1, 0.15) is 0 Å². The molecule has 0 aliphatic carbocycles. The Morgan fingerprint density at radius 2 is 2.26 bits per heavy atom. The molecule has 3 atom stereocenters. The van der Waals surface area contributed by atoms with E-state index in [9.17, 15) is 0 Å². The number of rotatable bonds is 4. The quantitative estimate of drug-likeness (QED) is 0.925. The molecule has 2 N–H and O–H groups in total. The van der Waals surface area contributed by atoms with E-state index in [0.717, 1.165) is 25.9 Å². The Labute approximate surface area is 118 Å². The highest BCUT2D eigenvalue weighted by atomic mass is 32.1. The third-order valence-electron chi connectivity index (χ3n) is 4.23. The van der Waals surface area contributed by atoms with E-state index >= 15 is 0 Å². The molecular formula is C16H21NOS. The lowest BCUT2D eigenvalue weighted by Crippen LogP contribution is -2.36. The molecule has 1 aliphatic heterocycles. The van der Waals surface area contributed by atoms with Gasteiger partial charge in [-0.3, -0.25) is 0 Å². The maximum Gasteiger partial charge on any atom is 0.0616 e. The fourth-order valence-electron chi connectivity index (χ4n) is 3.17. The van der Waals surface area contributed by atoms with Crippen molar-refractivity contribution in [1.29, 1.82) is 0 Å². The average Bonchev–Trinajstić information content (AvgIpc) is 3.05. The molecule has 102 valence electrons. The second kappa shape index (κ2) is 5.61. The molecule has 0 bridgehead atoms. The van der Waals surface area contributed by atoms with Gasteiger partial charge >= 0.3 is 0 Å². The molecular weight excluding hydrogens is 254 g/mol. The Bertz CT molecular complexity index is 550. The fraction of sp³-hybridized carbons (Fsp3) is 0.500. The van der Waals surface area contributed by atoms with Crippen molar-refractivity contribution in [3.05, 3.63) is 35.2 Å². The van der Waals surface area contributed by atoms with Crippen molar-refractivity contribution >= 4 is 21.4 Å². The van der Waals surface area contributed by atoms with Crippen LogP contribution >= 0.6 is 11.3 Å². The smallest absolute Gasteiger partial charge is 0.0616 e. The normalized spacial score (nSPS) is 24.9. The molecule has 1 aliphatic rings. The third-order valence-corrected chi connectivity index (χ3v) is 5.24. The Morgan fingerprint density at radius 1 is 1.42 bits per heavy atom. The standard InChI is InChI=1S/C16H21NOS/c1-2-15-13(7-8-18-15)14(17)9-11-10-19-16-6-4-3-5-12(11)16/h3-6,10,13-15H,2,7-9,17H2,1H3. The summed E-state index contributed by atoms with van der Waals surface area (Å²) < 4.78 is 7.13. The van der Waals surface area contributed by atoms with Crippen LogP contribution in [0.4, 0.5) is 0 Å². The van der Waals surface area contributed by atoms with E-state index in [1.165, 1.54) is 15.6 Å². The highest BCUT2D eigenvalue weighted by Crippen LogP contribution is 2.31. The number of thiophene rings is 1. The summed E-state index contributed by atoms with van der Waals surface area (Å²) in [6.07, 6.45) is 3.51. The average molecular weight is 275 g/mol. The lowest BCUT2D eigenvalue weighted by atomic mass is 9.88. The first kappa shape index (κ1) is 13.1. The van der Waals surface area contributed by atoms with Crippen molar-refractivity contribution in [2.45, 2.75) is 38.3 Å². The molecule has 0 saturated carbocycles. The molecule has 3 rings (SSSR count). The predicted octanol–water partition coefficient (Wildman–Crippen LogP) is 3.59. The van der Waals surface area contributed by atoms with Crippen LogP contribution in [-0.2, 0) is 11.2 Å². The van der Waals surface area contributed by atoms with Crippen LogP contribution in [0.25, 0.3) is 10.1 Å². The summed E-state index contributed by atoms with van der Waals surface area (Å²) in [4.78, 5) is 0. The van der Waals surface area contributed by atoms with Gasteiger partial charge in [-0.05, 0) is 41.7 Å². The molecule has 0 radical (unpaired) electrons. The van der Waals surface area contributed by atoms with Gasteiger partial charge in [-0.1, -0.05) is 25.1 Å². The van der Waals surface area contributed by atoms with E-state index in [1.807, 2.05) is 11.3 Å². The van der Waals surface area contributed by atoms with Crippen molar-refractivity contribution in [3.63, 3.8) is 0 Å². The first-order chi connectivity index (χ1) is 9.29. The number of benzene rings is 1. The molecule has 1 aromatic heterocycles. The number of nitrogens with two attached hydrogens (primary N) is 1. The van der Waals surface area contributed by atoms with E-state index in [4.69, 9.17) is 10.5 Å². The molecule has 1 aromatic carbocycles. The van der Waals surface area contributed by atoms with Crippen LogP contribution in [0.1, 0.15) is 25.3 Å². The highest BCUT2D eigenvalue weighted by molar-refractivity contribution is 7.17. The summed E-state index contributed by atoms with van der Waals surface area (Å²) in [6.45, 7) is 3.07. The minimum absolute atomic E-state index is 0.213. The minimum atomic E-state index is 0.213. The van der Waals surface area contributed by atoms with Gasteiger partial charge in [-0.15, -0.1) is 11.3 Å². The van der Waals surface area contributed by atoms with Crippen LogP contribution in [0.2, 0.25) is 0 Å². The van der Waals surface area contributed by atoms with Crippen molar-refractivity contribution in [1.82, 2.24) is 0 Å². The van der Waals surface area contributed by atoms with Crippen LogP contribution in [0.3, 0.4) is 0 Å². The lowest BCUT2D eigenvalue weighted by Gasteiger charge is -2.23. The van der Waals surface area contributed by atoms with Crippen LogP contribution < -0.4 is 5.73 Å². The Hall–Kier alpha value is -0.900. The monoisotopic (exact) mass is 275 g/mol. The van der Waals surface area contributed by atoms with Gasteiger partial charge in [0.2, 0.25) is 0 Å². The predicted molar refractivity (Wildman–Crippen MR) is 81.6 cm³/mol. The zero-order valence-electron chi connectivity index (χ0n) is 11.3. The van der Waals surface area contributed by atoms with Gasteiger partial charge in [0.05, 0.1) is 6.10 Å². The molecule has 0 spiro atoms. The molecule has 19 heavy (non-hydrogen) atoms. The maximum atomic E-state index is 6.45. The molecule has 3 heteroatoms. The molecule has 2 aromatic rings. The van der Waals surface area contributed by atoms with Crippen molar-refractivity contribution in [2.75, 3.05) is 6.61 Å². The summed E-state index contributed by atoms with van der Waals surface area (Å²) in [5.74, 6) is 0.517. The zero-order chi connectivity index (χ0) is 13.2. The van der Waals surface area contributed by atoms with E-state index in [-0.39, 0.29) is 6.04 Å². The van der Waals surface area contributed by atoms with E-state index in [2.05, 4.69) is 36.6 Å². The van der Waals surface area contributed by atoms with Gasteiger partial charge in [-0.25, -0.2) is 0 Å². The summed E-state index contributed by atoms with van der Waals surface area (Å²) in [5.41, 5.74) is 7.85. The number of ether oxygens (including phenoxy) is 1. The number of fused-ring (bicyclic) bond motifs is 1.